The van der Waals surface area contributed by atoms with E-state index in [0.29, 0.717) is 46.1 Å². The number of aromatic nitrogens is 5. The van der Waals surface area contributed by atoms with Crippen molar-refractivity contribution < 1.29 is 28.2 Å². The van der Waals surface area contributed by atoms with E-state index in [2.05, 4.69) is 58.7 Å². The first-order valence-electron chi connectivity index (χ1n) is 22.4. The van der Waals surface area contributed by atoms with Gasteiger partial charge in [0.2, 0.25) is 6.23 Å². The number of carbonyl (C=O) groups is 2. The zero-order valence-corrected chi connectivity index (χ0v) is 37.8. The van der Waals surface area contributed by atoms with Crippen LogP contribution in [0.2, 0.25) is 0 Å². The molecule has 2 aliphatic carbocycles. The molecule has 11 rings (SSSR count). The van der Waals surface area contributed by atoms with E-state index in [1.54, 1.807) is 17.5 Å². The molecular weight excluding hydrogens is 818 g/mol. The maximum atomic E-state index is 16.8. The van der Waals surface area contributed by atoms with Crippen molar-refractivity contribution in [3.63, 3.8) is 0 Å². The number of fused-ring (bicyclic) bond motifs is 7. The van der Waals surface area contributed by atoms with Gasteiger partial charge < -0.3 is 24.2 Å². The van der Waals surface area contributed by atoms with Gasteiger partial charge in [-0.25, -0.2) is 23.9 Å². The third-order valence-electron chi connectivity index (χ3n) is 13.8. The number of H-pyrrole nitrogens is 2. The van der Waals surface area contributed by atoms with E-state index in [1.165, 1.54) is 10.9 Å². The van der Waals surface area contributed by atoms with Crippen molar-refractivity contribution in [1.29, 1.82) is 0 Å². The zero-order chi connectivity index (χ0) is 43.9. The number of thiophene rings is 1. The zero-order valence-electron chi connectivity index (χ0n) is 37.0. The average molecular weight is 872 g/mol. The maximum Gasteiger partial charge on any atom is 0.411 e. The summed E-state index contributed by atoms with van der Waals surface area (Å²) < 4.78 is 37.5. The molecule has 5 aliphatic rings. The van der Waals surface area contributed by atoms with E-state index >= 15 is 4.39 Å². The van der Waals surface area contributed by atoms with Gasteiger partial charge in [0.15, 0.2) is 0 Å². The highest BCUT2D eigenvalue weighted by atomic mass is 32.1. The second-order valence-electron chi connectivity index (χ2n) is 20.2. The van der Waals surface area contributed by atoms with E-state index in [4.69, 9.17) is 24.2 Å². The molecule has 2 saturated heterocycles. The Kier molecular flexibility index (Phi) is 9.04. The van der Waals surface area contributed by atoms with Gasteiger partial charge in [0.1, 0.15) is 34.4 Å². The first-order chi connectivity index (χ1) is 30.0. The number of carbonyl (C=O) groups excluding carboxylic acids is 2. The van der Waals surface area contributed by atoms with Crippen LogP contribution < -0.4 is 4.74 Å². The fourth-order valence-electron chi connectivity index (χ4n) is 10.7. The number of aromatic amines is 2. The lowest BCUT2D eigenvalue weighted by Gasteiger charge is -2.37. The summed E-state index contributed by atoms with van der Waals surface area (Å²) in [5.41, 5.74) is 3.84. The summed E-state index contributed by atoms with van der Waals surface area (Å²) in [6.07, 6.45) is 7.03. The van der Waals surface area contributed by atoms with Crippen LogP contribution in [0.25, 0.3) is 44.7 Å². The number of imidazole rings is 2. The lowest BCUT2D eigenvalue weighted by atomic mass is 9.80. The van der Waals surface area contributed by atoms with Crippen LogP contribution in [0.3, 0.4) is 0 Å². The maximum absolute atomic E-state index is 16.8. The summed E-state index contributed by atoms with van der Waals surface area (Å²) in [6.45, 7) is 15.6. The Bertz CT molecular complexity index is 2810. The average Bonchev–Trinajstić information content (AvgIpc) is 3.97. The molecule has 0 spiro atoms. The van der Waals surface area contributed by atoms with Crippen LogP contribution in [-0.4, -0.2) is 69.8 Å². The quantitative estimate of drug-likeness (QED) is 0.170. The molecule has 2 aromatic carbocycles. The van der Waals surface area contributed by atoms with Crippen LogP contribution in [0.1, 0.15) is 121 Å². The number of halogens is 1. The third-order valence-corrected chi connectivity index (χ3v) is 15.1. The number of aryl methyl sites for hydroxylation is 1. The first kappa shape index (κ1) is 40.2. The van der Waals surface area contributed by atoms with Crippen molar-refractivity contribution >= 4 is 34.4 Å². The predicted molar refractivity (Wildman–Crippen MR) is 239 cm³/mol. The highest BCUT2D eigenvalue weighted by Gasteiger charge is 2.62. The van der Waals surface area contributed by atoms with E-state index < -0.39 is 23.2 Å². The Morgan fingerprint density at radius 1 is 0.857 bits per heavy atom. The molecule has 3 aliphatic heterocycles. The van der Waals surface area contributed by atoms with Crippen LogP contribution in [0.4, 0.5) is 14.0 Å². The van der Waals surface area contributed by atoms with Crippen LogP contribution in [-0.2, 0) is 15.9 Å². The Balaban J connectivity index is 0.930. The lowest BCUT2D eigenvalue weighted by molar-refractivity contribution is 0.00471. The van der Waals surface area contributed by atoms with Crippen LogP contribution >= 0.6 is 11.3 Å². The molecule has 6 aromatic rings. The molecule has 8 atom stereocenters. The van der Waals surface area contributed by atoms with Crippen molar-refractivity contribution in [3.05, 3.63) is 88.1 Å². The number of nitrogens with one attached hydrogen (secondary N) is 2. The summed E-state index contributed by atoms with van der Waals surface area (Å²) in [5.74, 6) is 2.71. The summed E-state index contributed by atoms with van der Waals surface area (Å²) in [5, 5.41) is 0.932. The Morgan fingerprint density at radius 2 is 1.54 bits per heavy atom. The van der Waals surface area contributed by atoms with Gasteiger partial charge in [0, 0.05) is 33.5 Å². The van der Waals surface area contributed by atoms with E-state index in [0.717, 1.165) is 70.7 Å². The number of piperidine rings is 1. The SMILES string of the molecule is CCc1ccc(C2Oc3cc(-c4cnc(C5CC6C(C)C6N5C(=O)OC(C)(C)C)[nH]4)cc(F)c3-c3cc4cc(-c5cnc(C6CC7CCC7N6C(=O)OC(C)(C)C)[nH]5)ccc4n32)s1. The van der Waals surface area contributed by atoms with Gasteiger partial charge in [-0.1, -0.05) is 19.9 Å². The third kappa shape index (κ3) is 6.73. The van der Waals surface area contributed by atoms with Gasteiger partial charge in [-0.2, -0.15) is 0 Å². The molecule has 328 valence electrons. The number of likely N-dealkylation sites (tertiary alicyclic amines) is 2. The van der Waals surface area contributed by atoms with Crippen LogP contribution in [0.5, 0.6) is 5.75 Å². The topological polar surface area (TPSA) is 131 Å². The van der Waals surface area contributed by atoms with Gasteiger partial charge in [-0.3, -0.25) is 14.4 Å². The second-order valence-corrected chi connectivity index (χ2v) is 21.4. The number of ether oxygens (including phenoxy) is 3. The standard InChI is InChI=1S/C49H54FN7O5S/c1-9-29-12-15-40(63-29)45-55-35-13-10-25(32-22-51-43(53-32)37-18-26-11-14-34(26)56(37)46(58)61-48(3,4)5)16-28(35)19-36(55)41-31(50)17-27(20-39(41)60-45)33-23-52-44(54-33)38-21-30-24(2)42(30)57(38)47(59)62-49(6,7)8/h10,12-13,15-17,19-20,22-24,26,30,34,37-38,42,45H,9,11,14,18,21H2,1-8H3,(H,51,53)(H,52,54). The molecule has 0 bridgehead atoms. The number of hydrogen-bond acceptors (Lipinski definition) is 8. The van der Waals surface area contributed by atoms with Gasteiger partial charge >= 0.3 is 12.2 Å². The van der Waals surface area contributed by atoms with Gasteiger partial charge in [-0.15, -0.1) is 11.3 Å². The summed E-state index contributed by atoms with van der Waals surface area (Å²) in [4.78, 5) is 49.5. The molecule has 8 unspecified atom stereocenters. The molecule has 4 fully saturated rings. The van der Waals surface area contributed by atoms with Crippen molar-refractivity contribution in [3.8, 4) is 39.5 Å². The summed E-state index contributed by atoms with van der Waals surface area (Å²) >= 11 is 1.70. The van der Waals surface area contributed by atoms with Crippen LogP contribution in [0.15, 0.2) is 60.9 Å². The van der Waals surface area contributed by atoms with E-state index in [-0.39, 0.29) is 36.4 Å². The molecule has 0 radical (unpaired) electrons. The molecule has 14 heteroatoms. The summed E-state index contributed by atoms with van der Waals surface area (Å²) in [6, 6.07) is 15.8. The Morgan fingerprint density at radius 3 is 2.19 bits per heavy atom. The number of benzene rings is 2. The second kappa shape index (κ2) is 14.2. The number of nitrogens with zero attached hydrogens (tertiary/aromatic N) is 5. The molecule has 2 saturated carbocycles. The number of rotatable bonds is 6. The molecule has 4 aromatic heterocycles. The molecule has 2 amide bonds. The Hall–Kier alpha value is -5.63. The number of hydrogen-bond donors (Lipinski definition) is 2. The Labute approximate surface area is 370 Å². The van der Waals surface area contributed by atoms with Crippen LogP contribution in [0, 0.1) is 23.6 Å². The fourth-order valence-corrected chi connectivity index (χ4v) is 11.6. The highest BCUT2D eigenvalue weighted by Crippen LogP contribution is 2.58. The minimum absolute atomic E-state index is 0.124. The van der Waals surface area contributed by atoms with E-state index in [9.17, 15) is 9.59 Å². The molecule has 2 N–H and O–H groups in total. The van der Waals surface area contributed by atoms with Gasteiger partial charge in [0.05, 0.1) is 57.5 Å². The summed E-state index contributed by atoms with van der Waals surface area (Å²) in [7, 11) is 0. The van der Waals surface area contributed by atoms with Gasteiger partial charge in [-0.05, 0) is 134 Å². The smallest absolute Gasteiger partial charge is 0.411 e. The monoisotopic (exact) mass is 871 g/mol. The molecular formula is C49H54FN7O5S. The normalized spacial score (nSPS) is 25.9. The minimum Gasteiger partial charge on any atom is -0.464 e. The van der Waals surface area contributed by atoms with Crippen molar-refractivity contribution in [2.75, 3.05) is 0 Å². The minimum atomic E-state index is -0.618. The molecule has 12 nitrogen and oxygen atoms in total. The van der Waals surface area contributed by atoms with E-state index in [1.807, 2.05) is 69.7 Å². The fraction of sp³-hybridized carbons (Fsp3) is 0.469. The largest absolute Gasteiger partial charge is 0.464 e. The van der Waals surface area contributed by atoms with Gasteiger partial charge in [0.25, 0.3) is 0 Å². The first-order valence-corrected chi connectivity index (χ1v) is 23.2. The van der Waals surface area contributed by atoms with Crippen molar-refractivity contribution in [2.24, 2.45) is 17.8 Å². The predicted octanol–water partition coefficient (Wildman–Crippen LogP) is 11.6. The molecule has 63 heavy (non-hydrogen) atoms. The van der Waals surface area contributed by atoms with Crippen molar-refractivity contribution in [2.45, 2.75) is 129 Å². The molecule has 7 heterocycles. The van der Waals surface area contributed by atoms with Crippen molar-refractivity contribution in [1.82, 2.24) is 34.3 Å². The highest BCUT2D eigenvalue weighted by molar-refractivity contribution is 7.12. The number of amides is 2. The lowest BCUT2D eigenvalue weighted by Crippen LogP contribution is -2.46.